The maximum absolute atomic E-state index is 13.5. The summed E-state index contributed by atoms with van der Waals surface area (Å²) in [6.45, 7) is 5.95. The molecule has 3 aromatic carbocycles. The van der Waals surface area contributed by atoms with Gasteiger partial charge in [0.2, 0.25) is 0 Å². The highest BCUT2D eigenvalue weighted by atomic mass is 32.2. The number of nitrogens with one attached hydrogen (secondary N) is 1. The highest BCUT2D eigenvalue weighted by Crippen LogP contribution is 2.39. The first-order valence-corrected chi connectivity index (χ1v) is 15.4. The van der Waals surface area contributed by atoms with Crippen molar-refractivity contribution in [3.63, 3.8) is 0 Å². The molecule has 0 radical (unpaired) electrons. The summed E-state index contributed by atoms with van der Waals surface area (Å²) in [5.74, 6) is -1.24. The molecule has 2 heterocycles. The highest BCUT2D eigenvalue weighted by molar-refractivity contribution is 7.89. The number of fused-ring (bicyclic) bond motifs is 1. The standard InChI is InChI=1S/C32H35N3O5S/c1-22-15-17-25(18-16-22)41(38,39)34-33-23(2)27(21-35-19-9-4-10-20-35)29(24-11-5-3-6-12-24)30-31(36)26-13-7-8-14-28(26)40-32(30)37/h3,5-8,11-18,27,29,34,36H,4,9-10,19-21H2,1-2H3/b33-23-. The third-order valence-electron chi connectivity index (χ3n) is 7.81. The Balaban J connectivity index is 1.63. The van der Waals surface area contributed by atoms with Crippen molar-refractivity contribution in [1.29, 1.82) is 0 Å². The van der Waals surface area contributed by atoms with Crippen molar-refractivity contribution < 1.29 is 17.9 Å². The van der Waals surface area contributed by atoms with Gasteiger partial charge in [-0.15, -0.1) is 0 Å². The molecule has 9 heteroatoms. The minimum absolute atomic E-state index is 0.111. The van der Waals surface area contributed by atoms with Crippen LogP contribution in [-0.2, 0) is 10.0 Å². The molecule has 1 aliphatic rings. The van der Waals surface area contributed by atoms with Crippen molar-refractivity contribution in [2.45, 2.75) is 43.9 Å². The van der Waals surface area contributed by atoms with Crippen LogP contribution in [0.5, 0.6) is 5.75 Å². The summed E-state index contributed by atoms with van der Waals surface area (Å²) >= 11 is 0. The molecule has 0 bridgehead atoms. The number of likely N-dealkylation sites (tertiary alicyclic amines) is 1. The molecular formula is C32H35N3O5S. The zero-order valence-corrected chi connectivity index (χ0v) is 24.1. The van der Waals surface area contributed by atoms with Crippen LogP contribution in [0.1, 0.15) is 48.8 Å². The van der Waals surface area contributed by atoms with Gasteiger partial charge in [0.15, 0.2) is 0 Å². The van der Waals surface area contributed by atoms with E-state index in [-0.39, 0.29) is 16.2 Å². The fourth-order valence-electron chi connectivity index (χ4n) is 5.57. The van der Waals surface area contributed by atoms with Crippen molar-refractivity contribution >= 4 is 26.7 Å². The lowest BCUT2D eigenvalue weighted by Crippen LogP contribution is -2.40. The summed E-state index contributed by atoms with van der Waals surface area (Å²) in [6.07, 6.45) is 3.27. The molecule has 214 valence electrons. The Hall–Kier alpha value is -3.95. The van der Waals surface area contributed by atoms with Crippen LogP contribution in [0.2, 0.25) is 0 Å². The monoisotopic (exact) mass is 573 g/mol. The number of hydrogen-bond acceptors (Lipinski definition) is 7. The molecule has 5 rings (SSSR count). The zero-order valence-electron chi connectivity index (χ0n) is 23.3. The van der Waals surface area contributed by atoms with Gasteiger partial charge in [-0.05, 0) is 69.6 Å². The molecule has 1 saturated heterocycles. The number of nitrogens with zero attached hydrogens (tertiary/aromatic N) is 2. The third-order valence-corrected chi connectivity index (χ3v) is 9.03. The molecule has 0 spiro atoms. The van der Waals surface area contributed by atoms with Gasteiger partial charge in [0.25, 0.3) is 10.0 Å². The number of rotatable bonds is 9. The van der Waals surface area contributed by atoms with E-state index in [1.807, 2.05) is 37.3 Å². The zero-order chi connectivity index (χ0) is 29.0. The Morgan fingerprint density at radius 3 is 2.34 bits per heavy atom. The molecule has 1 fully saturated rings. The minimum atomic E-state index is -3.92. The van der Waals surface area contributed by atoms with Gasteiger partial charge in [-0.3, -0.25) is 0 Å². The van der Waals surface area contributed by atoms with Crippen LogP contribution in [0.25, 0.3) is 11.0 Å². The summed E-state index contributed by atoms with van der Waals surface area (Å²) in [6, 6.07) is 22.9. The van der Waals surface area contributed by atoms with Crippen LogP contribution >= 0.6 is 0 Å². The van der Waals surface area contributed by atoms with Crippen molar-refractivity contribution in [2.75, 3.05) is 19.6 Å². The minimum Gasteiger partial charge on any atom is -0.507 e. The maximum Gasteiger partial charge on any atom is 0.343 e. The summed E-state index contributed by atoms with van der Waals surface area (Å²) < 4.78 is 31.9. The van der Waals surface area contributed by atoms with Gasteiger partial charge in [-0.25, -0.2) is 9.63 Å². The van der Waals surface area contributed by atoms with Gasteiger partial charge in [0.05, 0.1) is 15.8 Å². The molecule has 4 aromatic rings. The topological polar surface area (TPSA) is 112 Å². The normalized spacial score (nSPS) is 16.4. The van der Waals surface area contributed by atoms with E-state index in [2.05, 4.69) is 14.8 Å². The number of sulfonamides is 1. The fourth-order valence-corrected chi connectivity index (χ4v) is 6.43. The van der Waals surface area contributed by atoms with Crippen molar-refractivity contribution in [2.24, 2.45) is 11.0 Å². The third kappa shape index (κ3) is 6.36. The Kier molecular flexibility index (Phi) is 8.56. The second-order valence-electron chi connectivity index (χ2n) is 10.7. The number of aromatic hydroxyl groups is 1. The second-order valence-corrected chi connectivity index (χ2v) is 12.3. The predicted molar refractivity (Wildman–Crippen MR) is 161 cm³/mol. The summed E-state index contributed by atoms with van der Waals surface area (Å²) in [4.78, 5) is 18.4. The van der Waals surface area contributed by atoms with Crippen molar-refractivity contribution in [1.82, 2.24) is 9.73 Å². The lowest BCUT2D eigenvalue weighted by molar-refractivity contribution is 0.207. The lowest BCUT2D eigenvalue weighted by Gasteiger charge is -2.34. The smallest absolute Gasteiger partial charge is 0.343 e. The van der Waals surface area contributed by atoms with E-state index >= 15 is 0 Å². The Labute approximate surface area is 240 Å². The van der Waals surface area contributed by atoms with E-state index in [9.17, 15) is 18.3 Å². The van der Waals surface area contributed by atoms with Gasteiger partial charge in [-0.2, -0.15) is 13.5 Å². The van der Waals surface area contributed by atoms with Crippen LogP contribution in [0.15, 0.2) is 98.1 Å². The molecule has 2 atom stereocenters. The number of aryl methyl sites for hydroxylation is 1. The largest absolute Gasteiger partial charge is 0.507 e. The van der Waals surface area contributed by atoms with Gasteiger partial charge >= 0.3 is 5.63 Å². The number of benzene rings is 3. The van der Waals surface area contributed by atoms with Crippen LogP contribution < -0.4 is 10.5 Å². The molecule has 2 N–H and O–H groups in total. The average molecular weight is 574 g/mol. The van der Waals surface area contributed by atoms with Crippen LogP contribution in [0.4, 0.5) is 0 Å². The Morgan fingerprint density at radius 2 is 1.63 bits per heavy atom. The van der Waals surface area contributed by atoms with Crippen LogP contribution in [0.3, 0.4) is 0 Å². The number of hydrazone groups is 1. The number of para-hydroxylation sites is 1. The molecule has 8 nitrogen and oxygen atoms in total. The maximum atomic E-state index is 13.5. The van der Waals surface area contributed by atoms with Crippen molar-refractivity contribution in [3.8, 4) is 5.75 Å². The predicted octanol–water partition coefficient (Wildman–Crippen LogP) is 5.40. The SMILES string of the molecule is C/C(=N/NS(=O)(=O)c1ccc(C)cc1)C(CN1CCCCC1)C(c1ccccc1)c1c(O)c2ccccc2oc1=O. The highest BCUT2D eigenvalue weighted by Gasteiger charge is 2.35. The van der Waals surface area contributed by atoms with Gasteiger partial charge in [0, 0.05) is 24.1 Å². The molecule has 0 saturated carbocycles. The fraction of sp³-hybridized carbons (Fsp3) is 0.312. The van der Waals surface area contributed by atoms with E-state index in [0.29, 0.717) is 23.2 Å². The quantitative estimate of drug-likeness (QED) is 0.158. The first-order chi connectivity index (χ1) is 19.7. The summed E-state index contributed by atoms with van der Waals surface area (Å²) in [5.41, 5.74) is 2.04. The van der Waals surface area contributed by atoms with Gasteiger partial charge in [-0.1, -0.05) is 66.6 Å². The van der Waals surface area contributed by atoms with Crippen LogP contribution in [0, 0.1) is 12.8 Å². The lowest BCUT2D eigenvalue weighted by atomic mass is 9.78. The van der Waals surface area contributed by atoms with E-state index in [0.717, 1.165) is 43.5 Å². The molecule has 0 amide bonds. The Bertz CT molecular complexity index is 1690. The van der Waals surface area contributed by atoms with Gasteiger partial charge in [0.1, 0.15) is 11.3 Å². The molecular weight excluding hydrogens is 538 g/mol. The van der Waals surface area contributed by atoms with E-state index in [1.54, 1.807) is 55.5 Å². The average Bonchev–Trinajstić information content (AvgIpc) is 2.98. The van der Waals surface area contributed by atoms with Gasteiger partial charge < -0.3 is 14.4 Å². The molecule has 41 heavy (non-hydrogen) atoms. The molecule has 1 aliphatic heterocycles. The summed E-state index contributed by atoms with van der Waals surface area (Å²) in [7, 11) is -3.92. The van der Waals surface area contributed by atoms with E-state index in [4.69, 9.17) is 4.42 Å². The number of piperidine rings is 1. The Morgan fingerprint density at radius 1 is 0.976 bits per heavy atom. The first-order valence-electron chi connectivity index (χ1n) is 13.9. The molecule has 0 aliphatic carbocycles. The van der Waals surface area contributed by atoms with Crippen LogP contribution in [-0.4, -0.2) is 43.8 Å². The molecule has 2 unspecified atom stereocenters. The van der Waals surface area contributed by atoms with E-state index in [1.165, 1.54) is 0 Å². The van der Waals surface area contributed by atoms with E-state index < -0.39 is 27.5 Å². The summed E-state index contributed by atoms with van der Waals surface area (Å²) in [5, 5.41) is 16.3. The number of hydrogen-bond donors (Lipinski definition) is 2. The second kappa shape index (κ2) is 12.3. The first kappa shape index (κ1) is 28.6. The van der Waals surface area contributed by atoms with Crippen molar-refractivity contribution in [3.05, 3.63) is 106 Å². The molecule has 1 aromatic heterocycles.